The summed E-state index contributed by atoms with van der Waals surface area (Å²) in [4.78, 5) is 9.65. The molecule has 10 heavy (non-hydrogen) atoms. The first-order valence-corrected chi connectivity index (χ1v) is 1.77. The molecule has 7 heteroatoms. The molecule has 0 aliphatic heterocycles. The van der Waals surface area contributed by atoms with Crippen molar-refractivity contribution in [1.82, 2.24) is 0 Å². The first kappa shape index (κ1) is 22.5. The van der Waals surface area contributed by atoms with Gasteiger partial charge in [-0.15, -0.1) is 0 Å². The van der Waals surface area contributed by atoms with E-state index in [1.807, 2.05) is 0 Å². The van der Waals surface area contributed by atoms with Crippen LogP contribution in [0.4, 0.5) is 0 Å². The summed E-state index contributed by atoms with van der Waals surface area (Å²) in [6.45, 7) is -0.505. The molecule has 0 unspecified atom stereocenters. The van der Waals surface area contributed by atoms with Crippen molar-refractivity contribution in [1.29, 1.82) is 0 Å². The topological polar surface area (TPSA) is 83.5 Å². The summed E-state index contributed by atoms with van der Waals surface area (Å²) in [5.74, 6) is -1.18. The molecular formula is C3H10LiMgNNbO3. The molecular weight excluding hydrogens is 222 g/mol. The zero-order valence-electron chi connectivity index (χ0n) is 8.82. The van der Waals surface area contributed by atoms with Crippen LogP contribution in [0.1, 0.15) is 4.28 Å². The van der Waals surface area contributed by atoms with Crippen molar-refractivity contribution in [2.24, 2.45) is 5.73 Å². The molecule has 0 aliphatic rings. The Morgan fingerprint density at radius 2 is 2.00 bits per heavy atom. The van der Waals surface area contributed by atoms with Crippen molar-refractivity contribution in [3.05, 3.63) is 0 Å². The number of hydrogen-bond acceptors (Lipinski definition) is 3. The Morgan fingerprint density at radius 1 is 1.70 bits per heavy atom. The van der Waals surface area contributed by atoms with Gasteiger partial charge in [0.1, 0.15) is 6.04 Å². The van der Waals surface area contributed by atoms with Crippen LogP contribution in [0.15, 0.2) is 0 Å². The third-order valence-corrected chi connectivity index (χ3v) is 0.514. The van der Waals surface area contributed by atoms with E-state index in [-0.39, 0.29) is 68.6 Å². The number of carboxylic acids is 1. The molecule has 0 fully saturated rings. The molecule has 0 amide bonds. The Hall–Kier alpha value is 1.49. The summed E-state index contributed by atoms with van der Waals surface area (Å²) >= 11 is 0. The molecule has 0 spiro atoms. The summed E-state index contributed by atoms with van der Waals surface area (Å²) in [5.41, 5.74) is 4.77. The van der Waals surface area contributed by atoms with Gasteiger partial charge in [-0.05, 0) is 0 Å². The van der Waals surface area contributed by atoms with Crippen LogP contribution in [0.25, 0.3) is 0 Å². The van der Waals surface area contributed by atoms with Crippen LogP contribution in [0.3, 0.4) is 0 Å². The second-order valence-electron chi connectivity index (χ2n) is 1.13. The van der Waals surface area contributed by atoms with Crippen LogP contribution in [-0.4, -0.2) is 51.9 Å². The summed E-state index contributed by atoms with van der Waals surface area (Å²) in [6, 6.07) is -1.13. The van der Waals surface area contributed by atoms with Gasteiger partial charge in [0.25, 0.3) is 0 Å². The van der Waals surface area contributed by atoms with Crippen LogP contribution in [-0.2, 0) is 27.2 Å². The minimum Gasteiger partial charge on any atom is -1.00 e. The van der Waals surface area contributed by atoms with E-state index in [1.54, 1.807) is 0 Å². The number of nitrogens with two attached hydrogens (primary N) is 1. The van der Waals surface area contributed by atoms with E-state index in [0.29, 0.717) is 0 Å². The molecule has 1 radical (unpaired) electrons. The fraction of sp³-hybridized carbons (Fsp3) is 0.667. The first-order valence-electron chi connectivity index (χ1n) is 1.77. The van der Waals surface area contributed by atoms with Gasteiger partial charge in [0.2, 0.25) is 0 Å². The molecule has 1 atom stereocenters. The van der Waals surface area contributed by atoms with Gasteiger partial charge >= 0.3 is 47.9 Å². The maximum absolute atomic E-state index is 9.65. The van der Waals surface area contributed by atoms with E-state index in [1.165, 1.54) is 0 Å². The van der Waals surface area contributed by atoms with E-state index >= 15 is 0 Å². The van der Waals surface area contributed by atoms with E-state index in [2.05, 4.69) is 0 Å². The van der Waals surface area contributed by atoms with Gasteiger partial charge in [-0.3, -0.25) is 4.79 Å². The van der Waals surface area contributed by atoms with Gasteiger partial charge in [0, 0.05) is 22.4 Å². The normalized spacial score (nSPS) is 9.40. The summed E-state index contributed by atoms with van der Waals surface area (Å²) in [6.07, 6.45) is 0. The molecule has 0 aliphatic carbocycles. The largest absolute Gasteiger partial charge is 2.00 e. The summed E-state index contributed by atoms with van der Waals surface area (Å²) in [7, 11) is 0. The smallest absolute Gasteiger partial charge is 1.00 e. The molecule has 0 aromatic carbocycles. The minimum absolute atomic E-state index is 0. The first-order chi connectivity index (χ1) is 3.18. The second kappa shape index (κ2) is 13.1. The van der Waals surface area contributed by atoms with Gasteiger partial charge in [-0.25, -0.2) is 0 Å². The van der Waals surface area contributed by atoms with Crippen molar-refractivity contribution < 1.29 is 60.5 Å². The molecule has 0 heterocycles. The number of hydrogen-bond donors (Lipinski definition) is 3. The molecule has 53 valence electrons. The predicted molar refractivity (Wildman–Crippen MR) is 31.8 cm³/mol. The SMILES string of the molecule is N[C@@H](CO)C(=O)O.[H-].[H-].[H-].[Li+].[Mg+2].[Nb]. The van der Waals surface area contributed by atoms with Crippen molar-refractivity contribution in [3.63, 3.8) is 0 Å². The Morgan fingerprint density at radius 3 is 2.00 bits per heavy atom. The molecule has 0 rings (SSSR count). The fourth-order valence-electron chi connectivity index (χ4n) is 0.0781. The third-order valence-electron chi connectivity index (χ3n) is 0.514. The molecule has 0 saturated carbocycles. The number of aliphatic hydroxyl groups is 1. The van der Waals surface area contributed by atoms with Crippen LogP contribution < -0.4 is 24.6 Å². The fourth-order valence-corrected chi connectivity index (χ4v) is 0.0781. The molecule has 0 saturated heterocycles. The molecule has 0 bridgehead atoms. The Balaban J connectivity index is -0.0000000120. The Bertz CT molecular complexity index is 96.3. The van der Waals surface area contributed by atoms with Crippen molar-refractivity contribution in [3.8, 4) is 0 Å². The van der Waals surface area contributed by atoms with E-state index in [4.69, 9.17) is 15.9 Å². The van der Waals surface area contributed by atoms with Gasteiger partial charge in [-0.2, -0.15) is 0 Å². The Labute approximate surface area is 107 Å². The van der Waals surface area contributed by atoms with Gasteiger partial charge < -0.3 is 20.2 Å². The molecule has 4 nitrogen and oxygen atoms in total. The average molecular weight is 232 g/mol. The summed E-state index contributed by atoms with van der Waals surface area (Å²) in [5, 5.41) is 15.9. The van der Waals surface area contributed by atoms with Crippen LogP contribution >= 0.6 is 0 Å². The van der Waals surface area contributed by atoms with Crippen molar-refractivity contribution >= 4 is 29.0 Å². The number of carbonyl (C=O) groups is 1. The second-order valence-corrected chi connectivity index (χ2v) is 1.13. The van der Waals surface area contributed by atoms with E-state index < -0.39 is 18.6 Å². The standard InChI is InChI=1S/C3H7NO3.Li.Mg.Nb.3H/c4-2(1-5)3(6)7;;;;;;/h2,5H,1,4H2,(H,6,7);;;;;;/q;+1;+2;;3*-1/t2-;;;;;;/m0....../s1. The van der Waals surface area contributed by atoms with Gasteiger partial charge in [-0.1, -0.05) is 0 Å². The number of rotatable bonds is 2. The van der Waals surface area contributed by atoms with Crippen LogP contribution in [0.5, 0.6) is 0 Å². The quantitative estimate of drug-likeness (QED) is 0.418. The number of aliphatic hydroxyl groups excluding tert-OH is 1. The van der Waals surface area contributed by atoms with Crippen molar-refractivity contribution in [2.45, 2.75) is 6.04 Å². The predicted octanol–water partition coefficient (Wildman–Crippen LogP) is -4.65. The third kappa shape index (κ3) is 12.2. The molecule has 4 N–H and O–H groups in total. The minimum atomic E-state index is -1.18. The average Bonchev–Trinajstić information content (AvgIpc) is 1.65. The van der Waals surface area contributed by atoms with Crippen molar-refractivity contribution in [2.75, 3.05) is 6.61 Å². The zero-order valence-corrected chi connectivity index (χ0v) is 9.43. The van der Waals surface area contributed by atoms with Gasteiger partial charge in [0.05, 0.1) is 6.61 Å². The van der Waals surface area contributed by atoms with Crippen LogP contribution in [0, 0.1) is 0 Å². The number of aliphatic carboxylic acids is 1. The summed E-state index contributed by atoms with van der Waals surface area (Å²) < 4.78 is 0. The van der Waals surface area contributed by atoms with Crippen LogP contribution in [0.2, 0.25) is 0 Å². The Kier molecular flexibility index (Phi) is 29.5. The monoisotopic (exact) mass is 232 g/mol. The zero-order chi connectivity index (χ0) is 5.86. The number of carboxylic acid groups (broad SMARTS) is 1. The maximum Gasteiger partial charge on any atom is 2.00 e. The van der Waals surface area contributed by atoms with E-state index in [9.17, 15) is 4.79 Å². The van der Waals surface area contributed by atoms with Gasteiger partial charge in [0.15, 0.2) is 0 Å². The molecule has 0 aromatic heterocycles. The maximum atomic E-state index is 9.65. The van der Waals surface area contributed by atoms with E-state index in [0.717, 1.165) is 0 Å². The molecule has 0 aromatic rings.